The van der Waals surface area contributed by atoms with E-state index in [0.717, 1.165) is 23.4 Å². The minimum Gasteiger partial charge on any atom is -0.507 e. The average Bonchev–Trinajstić information content (AvgIpc) is 2.75. The highest BCUT2D eigenvalue weighted by Gasteiger charge is 2.14. The van der Waals surface area contributed by atoms with Crippen LogP contribution < -0.4 is 5.73 Å². The highest BCUT2D eigenvalue weighted by atomic mass is 16.3. The van der Waals surface area contributed by atoms with E-state index in [-0.39, 0.29) is 5.75 Å². The van der Waals surface area contributed by atoms with E-state index in [9.17, 15) is 5.11 Å². The topological polar surface area (TPSA) is 64.1 Å². The minimum atomic E-state index is 0.159. The monoisotopic (exact) mass is 267 g/mol. The summed E-state index contributed by atoms with van der Waals surface area (Å²) >= 11 is 0. The lowest BCUT2D eigenvalue weighted by Crippen LogP contribution is -1.98. The molecule has 20 heavy (non-hydrogen) atoms. The Morgan fingerprint density at radius 1 is 1.20 bits per heavy atom. The van der Waals surface area contributed by atoms with Crippen LogP contribution in [0.25, 0.3) is 22.4 Å². The van der Waals surface area contributed by atoms with Gasteiger partial charge in [-0.3, -0.25) is 0 Å². The van der Waals surface area contributed by atoms with Crippen LogP contribution in [0.3, 0.4) is 0 Å². The lowest BCUT2D eigenvalue weighted by Gasteiger charge is -2.08. The molecule has 0 fully saturated rings. The predicted molar refractivity (Wildman–Crippen MR) is 81.7 cm³/mol. The van der Waals surface area contributed by atoms with Gasteiger partial charge in [0.1, 0.15) is 11.6 Å². The van der Waals surface area contributed by atoms with Gasteiger partial charge in [-0.1, -0.05) is 6.07 Å². The van der Waals surface area contributed by atoms with Crippen molar-refractivity contribution in [2.24, 2.45) is 0 Å². The number of aromatic nitrogens is 2. The second-order valence-electron chi connectivity index (χ2n) is 4.95. The fourth-order valence-electron chi connectivity index (χ4n) is 2.50. The van der Waals surface area contributed by atoms with Gasteiger partial charge in [0.15, 0.2) is 0 Å². The number of aryl methyl sites for hydroxylation is 2. The van der Waals surface area contributed by atoms with Crippen LogP contribution in [-0.4, -0.2) is 14.7 Å². The van der Waals surface area contributed by atoms with Crippen molar-refractivity contribution in [2.75, 3.05) is 5.73 Å². The summed E-state index contributed by atoms with van der Waals surface area (Å²) in [5.74, 6) is 0.928. The number of rotatable bonds is 2. The number of anilines is 1. The molecule has 0 spiro atoms. The van der Waals surface area contributed by atoms with Gasteiger partial charge in [0.05, 0.1) is 16.6 Å². The molecular weight excluding hydrogens is 250 g/mol. The van der Waals surface area contributed by atoms with E-state index in [1.54, 1.807) is 12.1 Å². The van der Waals surface area contributed by atoms with Crippen LogP contribution in [0.2, 0.25) is 0 Å². The van der Waals surface area contributed by atoms with Crippen molar-refractivity contribution in [1.82, 2.24) is 9.55 Å². The molecule has 0 saturated carbocycles. The molecule has 3 N–H and O–H groups in total. The molecular formula is C16H17N3O. The van der Waals surface area contributed by atoms with Gasteiger partial charge in [-0.2, -0.15) is 0 Å². The van der Waals surface area contributed by atoms with Gasteiger partial charge in [-0.15, -0.1) is 0 Å². The zero-order chi connectivity index (χ0) is 14.3. The van der Waals surface area contributed by atoms with Crippen molar-refractivity contribution < 1.29 is 5.11 Å². The normalized spacial score (nSPS) is 11.1. The number of benzene rings is 2. The Morgan fingerprint density at radius 3 is 2.70 bits per heavy atom. The van der Waals surface area contributed by atoms with Crippen LogP contribution in [0.4, 0.5) is 5.69 Å². The molecule has 0 unspecified atom stereocenters. The minimum absolute atomic E-state index is 0.159. The van der Waals surface area contributed by atoms with Crippen molar-refractivity contribution in [3.63, 3.8) is 0 Å². The lowest BCUT2D eigenvalue weighted by atomic mass is 10.1. The van der Waals surface area contributed by atoms with Crippen molar-refractivity contribution >= 4 is 16.7 Å². The summed E-state index contributed by atoms with van der Waals surface area (Å²) in [5, 5.41) is 10.1. The molecule has 3 rings (SSSR count). The molecule has 0 bridgehead atoms. The number of nitrogen functional groups attached to an aromatic ring is 1. The van der Waals surface area contributed by atoms with Crippen molar-refractivity contribution in [3.05, 3.63) is 42.0 Å². The molecule has 0 aliphatic rings. The number of aromatic hydroxyl groups is 1. The Bertz CT molecular complexity index is 790. The molecule has 2 aromatic carbocycles. The predicted octanol–water partition coefficient (Wildman–Crippen LogP) is 3.32. The Balaban J connectivity index is 2.30. The number of nitrogens with zero attached hydrogens (tertiary/aromatic N) is 2. The molecule has 0 aliphatic carbocycles. The molecule has 102 valence electrons. The number of fused-ring (bicyclic) bond motifs is 1. The Morgan fingerprint density at radius 2 is 2.00 bits per heavy atom. The lowest BCUT2D eigenvalue weighted by molar-refractivity contribution is 0.477. The number of hydrogen-bond donors (Lipinski definition) is 2. The zero-order valence-electron chi connectivity index (χ0n) is 11.6. The average molecular weight is 267 g/mol. The maximum Gasteiger partial charge on any atom is 0.144 e. The van der Waals surface area contributed by atoms with Crippen LogP contribution >= 0.6 is 0 Å². The van der Waals surface area contributed by atoms with E-state index in [2.05, 4.69) is 34.7 Å². The molecule has 1 heterocycles. The van der Waals surface area contributed by atoms with Crippen molar-refractivity contribution in [2.45, 2.75) is 20.4 Å². The van der Waals surface area contributed by atoms with Gasteiger partial charge in [0, 0.05) is 18.3 Å². The first-order valence-corrected chi connectivity index (χ1v) is 6.66. The van der Waals surface area contributed by atoms with Gasteiger partial charge < -0.3 is 15.4 Å². The molecule has 0 atom stereocenters. The SMILES string of the molecule is CCn1c(-c2ccc(N)cc2O)nc2cc(C)ccc21. The first-order valence-electron chi connectivity index (χ1n) is 6.66. The first kappa shape index (κ1) is 12.5. The zero-order valence-corrected chi connectivity index (χ0v) is 11.6. The van der Waals surface area contributed by atoms with Crippen LogP contribution in [0.1, 0.15) is 12.5 Å². The second kappa shape index (κ2) is 4.56. The Labute approximate surface area is 117 Å². The summed E-state index contributed by atoms with van der Waals surface area (Å²) in [4.78, 5) is 4.67. The largest absolute Gasteiger partial charge is 0.507 e. The third-order valence-corrected chi connectivity index (χ3v) is 3.48. The fourth-order valence-corrected chi connectivity index (χ4v) is 2.50. The maximum atomic E-state index is 10.1. The van der Waals surface area contributed by atoms with Gasteiger partial charge in [-0.25, -0.2) is 4.98 Å². The van der Waals surface area contributed by atoms with Gasteiger partial charge in [0.25, 0.3) is 0 Å². The highest BCUT2D eigenvalue weighted by molar-refractivity contribution is 5.82. The molecule has 0 radical (unpaired) electrons. The molecule has 0 saturated heterocycles. The summed E-state index contributed by atoms with van der Waals surface area (Å²) in [5.41, 5.74) is 10.1. The van der Waals surface area contributed by atoms with E-state index < -0.39 is 0 Å². The van der Waals surface area contributed by atoms with Gasteiger partial charge in [0.2, 0.25) is 0 Å². The maximum absolute atomic E-state index is 10.1. The van der Waals surface area contributed by atoms with Crippen LogP contribution in [0.5, 0.6) is 5.75 Å². The number of nitrogens with two attached hydrogens (primary N) is 1. The molecule has 0 amide bonds. The van der Waals surface area contributed by atoms with Crippen molar-refractivity contribution in [1.29, 1.82) is 0 Å². The standard InChI is InChI=1S/C16H17N3O/c1-3-19-14-7-4-10(2)8-13(14)18-16(19)12-6-5-11(17)9-15(12)20/h4-9,20H,3,17H2,1-2H3. The second-order valence-corrected chi connectivity index (χ2v) is 4.95. The Kier molecular flexibility index (Phi) is 2.86. The number of phenols is 1. The summed E-state index contributed by atoms with van der Waals surface area (Å²) < 4.78 is 2.10. The number of hydrogen-bond acceptors (Lipinski definition) is 3. The third kappa shape index (κ3) is 1.90. The molecule has 4 heteroatoms. The highest BCUT2D eigenvalue weighted by Crippen LogP contribution is 2.32. The molecule has 0 aliphatic heterocycles. The molecule has 4 nitrogen and oxygen atoms in total. The molecule has 3 aromatic rings. The third-order valence-electron chi connectivity index (χ3n) is 3.48. The summed E-state index contributed by atoms with van der Waals surface area (Å²) in [6.07, 6.45) is 0. The quantitative estimate of drug-likeness (QED) is 0.700. The van der Waals surface area contributed by atoms with Crippen molar-refractivity contribution in [3.8, 4) is 17.1 Å². The van der Waals surface area contributed by atoms with Crippen LogP contribution in [0.15, 0.2) is 36.4 Å². The summed E-state index contributed by atoms with van der Waals surface area (Å²) in [6, 6.07) is 11.3. The van der Waals surface area contributed by atoms with Crippen LogP contribution in [0, 0.1) is 6.92 Å². The summed E-state index contributed by atoms with van der Waals surface area (Å²) in [6.45, 7) is 4.91. The molecule has 1 aromatic heterocycles. The fraction of sp³-hybridized carbons (Fsp3) is 0.188. The van der Waals surface area contributed by atoms with E-state index in [1.165, 1.54) is 5.56 Å². The van der Waals surface area contributed by atoms with Gasteiger partial charge in [-0.05, 0) is 43.7 Å². The first-order chi connectivity index (χ1) is 9.60. The number of imidazole rings is 1. The van der Waals surface area contributed by atoms with E-state index in [1.807, 2.05) is 13.0 Å². The smallest absolute Gasteiger partial charge is 0.144 e. The Hall–Kier alpha value is -2.49. The van der Waals surface area contributed by atoms with E-state index >= 15 is 0 Å². The number of phenolic OH excluding ortho intramolecular Hbond substituents is 1. The van der Waals surface area contributed by atoms with E-state index in [4.69, 9.17) is 5.73 Å². The van der Waals surface area contributed by atoms with E-state index in [0.29, 0.717) is 11.3 Å². The van der Waals surface area contributed by atoms with Gasteiger partial charge >= 0.3 is 0 Å². The summed E-state index contributed by atoms with van der Waals surface area (Å²) in [7, 11) is 0. The van der Waals surface area contributed by atoms with Crippen LogP contribution in [-0.2, 0) is 6.54 Å².